The number of rotatable bonds is 10. The van der Waals surface area contributed by atoms with Gasteiger partial charge in [-0.3, -0.25) is 4.90 Å². The van der Waals surface area contributed by atoms with Gasteiger partial charge in [0, 0.05) is 24.4 Å². The van der Waals surface area contributed by atoms with Crippen LogP contribution in [-0.4, -0.2) is 47.4 Å². The largest absolute Gasteiger partial charge is 0.497 e. The molecule has 2 aromatic carbocycles. The number of amides is 2. The minimum atomic E-state index is -0.466. The van der Waals surface area contributed by atoms with Crippen molar-refractivity contribution in [2.24, 2.45) is 0 Å². The van der Waals surface area contributed by atoms with Crippen molar-refractivity contribution in [1.29, 1.82) is 0 Å². The summed E-state index contributed by atoms with van der Waals surface area (Å²) in [6.45, 7) is 9.12. The highest BCUT2D eigenvalue weighted by molar-refractivity contribution is 5.87. The number of aryl methyl sites for hydroxylation is 1. The number of carbonyl (C=O) groups excluding carboxylic acids is 1. The van der Waals surface area contributed by atoms with E-state index in [-0.39, 0.29) is 12.1 Å². The third-order valence-corrected chi connectivity index (χ3v) is 6.28. The van der Waals surface area contributed by atoms with Gasteiger partial charge in [-0.25, -0.2) is 4.79 Å². The van der Waals surface area contributed by atoms with Gasteiger partial charge in [-0.05, 0) is 56.9 Å². The van der Waals surface area contributed by atoms with Crippen LogP contribution in [-0.2, 0) is 11.2 Å². The standard InChI is InChI=1S/C28H34N4O4/c1-6-20-11-13-21(14-12-20)26-30-27(36-31-26)24-19(4)32(15-8-16-35-18(2)3)28(33)29-25(24)22-9-7-10-23(17-22)34-5/h7,9-14,17-18,25H,6,8,15-16H2,1-5H3,(H,29,33). The second kappa shape index (κ2) is 11.4. The zero-order valence-electron chi connectivity index (χ0n) is 21.6. The van der Waals surface area contributed by atoms with Crippen molar-refractivity contribution in [2.75, 3.05) is 20.3 Å². The predicted molar refractivity (Wildman–Crippen MR) is 138 cm³/mol. The summed E-state index contributed by atoms with van der Waals surface area (Å²) in [5, 5.41) is 7.39. The molecule has 0 radical (unpaired) electrons. The first kappa shape index (κ1) is 25.4. The molecule has 2 heterocycles. The summed E-state index contributed by atoms with van der Waals surface area (Å²) in [7, 11) is 1.62. The molecule has 2 amide bonds. The molecule has 1 aliphatic heterocycles. The summed E-state index contributed by atoms with van der Waals surface area (Å²) in [6.07, 6.45) is 1.82. The molecule has 0 spiro atoms. The fourth-order valence-electron chi connectivity index (χ4n) is 4.28. The average molecular weight is 491 g/mol. The molecular formula is C28H34N4O4. The number of carbonyl (C=O) groups is 1. The van der Waals surface area contributed by atoms with E-state index >= 15 is 0 Å². The van der Waals surface area contributed by atoms with Gasteiger partial charge in [0.1, 0.15) is 5.75 Å². The monoisotopic (exact) mass is 490 g/mol. The number of allylic oxidation sites excluding steroid dienone is 1. The Balaban J connectivity index is 1.71. The van der Waals surface area contributed by atoms with Crippen LogP contribution in [0.15, 0.2) is 58.8 Å². The zero-order chi connectivity index (χ0) is 25.7. The number of hydrogen-bond donors (Lipinski definition) is 1. The van der Waals surface area contributed by atoms with E-state index in [1.807, 2.05) is 57.2 Å². The summed E-state index contributed by atoms with van der Waals surface area (Å²) >= 11 is 0. The molecule has 8 heteroatoms. The summed E-state index contributed by atoms with van der Waals surface area (Å²) in [4.78, 5) is 19.6. The summed E-state index contributed by atoms with van der Waals surface area (Å²) in [6, 6.07) is 15.1. The van der Waals surface area contributed by atoms with Gasteiger partial charge < -0.3 is 19.3 Å². The molecule has 1 unspecified atom stereocenters. The molecule has 1 aliphatic rings. The van der Waals surface area contributed by atoms with Crippen LogP contribution in [0.2, 0.25) is 0 Å². The van der Waals surface area contributed by atoms with E-state index in [4.69, 9.17) is 19.0 Å². The number of nitrogens with one attached hydrogen (secondary N) is 1. The van der Waals surface area contributed by atoms with Crippen LogP contribution < -0.4 is 10.1 Å². The second-order valence-corrected chi connectivity index (χ2v) is 9.06. The molecule has 0 saturated carbocycles. The predicted octanol–water partition coefficient (Wildman–Crippen LogP) is 5.62. The van der Waals surface area contributed by atoms with E-state index in [2.05, 4.69) is 29.5 Å². The molecule has 1 atom stereocenters. The molecule has 0 aliphatic carbocycles. The van der Waals surface area contributed by atoms with E-state index in [0.29, 0.717) is 37.0 Å². The van der Waals surface area contributed by atoms with Crippen LogP contribution in [0, 0.1) is 0 Å². The van der Waals surface area contributed by atoms with Gasteiger partial charge in [-0.15, -0.1) is 0 Å². The number of aromatic nitrogens is 2. The van der Waals surface area contributed by atoms with Crippen molar-refractivity contribution in [1.82, 2.24) is 20.4 Å². The number of hydrogen-bond acceptors (Lipinski definition) is 6. The molecule has 0 saturated heterocycles. The molecule has 1 aromatic heterocycles. The average Bonchev–Trinajstić information content (AvgIpc) is 3.37. The molecule has 36 heavy (non-hydrogen) atoms. The molecular weight excluding hydrogens is 456 g/mol. The molecule has 0 fully saturated rings. The van der Waals surface area contributed by atoms with Gasteiger partial charge >= 0.3 is 6.03 Å². The van der Waals surface area contributed by atoms with Crippen molar-refractivity contribution >= 4 is 11.6 Å². The smallest absolute Gasteiger partial charge is 0.322 e. The highest BCUT2D eigenvalue weighted by atomic mass is 16.5. The summed E-state index contributed by atoms with van der Waals surface area (Å²) in [5.41, 5.74) is 4.52. The van der Waals surface area contributed by atoms with E-state index in [0.717, 1.165) is 28.8 Å². The Bertz CT molecular complexity index is 1220. The van der Waals surface area contributed by atoms with Gasteiger partial charge in [0.2, 0.25) is 5.82 Å². The van der Waals surface area contributed by atoms with Crippen molar-refractivity contribution in [3.05, 3.63) is 71.2 Å². The third kappa shape index (κ3) is 5.60. The van der Waals surface area contributed by atoms with Gasteiger partial charge in [-0.1, -0.05) is 48.5 Å². The van der Waals surface area contributed by atoms with Crippen molar-refractivity contribution in [3.8, 4) is 17.1 Å². The summed E-state index contributed by atoms with van der Waals surface area (Å²) in [5.74, 6) is 1.58. The Morgan fingerprint density at radius 1 is 1.17 bits per heavy atom. The van der Waals surface area contributed by atoms with Crippen LogP contribution in [0.5, 0.6) is 5.75 Å². The first-order valence-corrected chi connectivity index (χ1v) is 12.4. The highest BCUT2D eigenvalue weighted by Gasteiger charge is 2.35. The Morgan fingerprint density at radius 3 is 2.64 bits per heavy atom. The lowest BCUT2D eigenvalue weighted by Crippen LogP contribution is -2.46. The van der Waals surface area contributed by atoms with E-state index in [9.17, 15) is 4.79 Å². The molecule has 3 aromatic rings. The van der Waals surface area contributed by atoms with Crippen LogP contribution in [0.4, 0.5) is 4.79 Å². The van der Waals surface area contributed by atoms with Gasteiger partial charge in [-0.2, -0.15) is 4.98 Å². The number of ether oxygens (including phenoxy) is 2. The maximum Gasteiger partial charge on any atom is 0.322 e. The van der Waals surface area contributed by atoms with Crippen molar-refractivity contribution in [3.63, 3.8) is 0 Å². The zero-order valence-corrected chi connectivity index (χ0v) is 21.6. The minimum Gasteiger partial charge on any atom is -0.497 e. The maximum atomic E-state index is 13.2. The van der Waals surface area contributed by atoms with Crippen LogP contribution in [0.3, 0.4) is 0 Å². The quantitative estimate of drug-likeness (QED) is 0.371. The molecule has 190 valence electrons. The number of nitrogens with zero attached hydrogens (tertiary/aromatic N) is 3. The highest BCUT2D eigenvalue weighted by Crippen LogP contribution is 2.38. The fraction of sp³-hybridized carbons (Fsp3) is 0.393. The van der Waals surface area contributed by atoms with Crippen molar-refractivity contribution in [2.45, 2.75) is 52.7 Å². The molecule has 0 bridgehead atoms. The van der Waals surface area contributed by atoms with Crippen LogP contribution in [0.25, 0.3) is 17.0 Å². The van der Waals surface area contributed by atoms with E-state index in [1.165, 1.54) is 5.56 Å². The molecule has 8 nitrogen and oxygen atoms in total. The Hall–Kier alpha value is -3.65. The van der Waals surface area contributed by atoms with Crippen molar-refractivity contribution < 1.29 is 18.8 Å². The van der Waals surface area contributed by atoms with Gasteiger partial charge in [0.25, 0.3) is 5.89 Å². The normalized spacial score (nSPS) is 16.0. The number of benzene rings is 2. The van der Waals surface area contributed by atoms with Gasteiger partial charge in [0.05, 0.1) is 24.8 Å². The summed E-state index contributed by atoms with van der Waals surface area (Å²) < 4.78 is 16.9. The minimum absolute atomic E-state index is 0.146. The lowest BCUT2D eigenvalue weighted by atomic mass is 9.94. The molecule has 1 N–H and O–H groups in total. The Morgan fingerprint density at radius 2 is 1.94 bits per heavy atom. The van der Waals surface area contributed by atoms with E-state index in [1.54, 1.807) is 12.0 Å². The number of urea groups is 1. The third-order valence-electron chi connectivity index (χ3n) is 6.28. The lowest BCUT2D eigenvalue weighted by molar-refractivity contribution is 0.0736. The van der Waals surface area contributed by atoms with Crippen LogP contribution in [0.1, 0.15) is 57.2 Å². The molecule has 4 rings (SSSR count). The van der Waals surface area contributed by atoms with Gasteiger partial charge in [0.15, 0.2) is 0 Å². The van der Waals surface area contributed by atoms with Crippen LogP contribution >= 0.6 is 0 Å². The second-order valence-electron chi connectivity index (χ2n) is 9.06. The Kier molecular flexibility index (Phi) is 8.05. The topological polar surface area (TPSA) is 89.7 Å². The maximum absolute atomic E-state index is 13.2. The first-order chi connectivity index (χ1) is 17.4. The van der Waals surface area contributed by atoms with E-state index < -0.39 is 6.04 Å². The Labute approximate surface area is 212 Å². The fourth-order valence-corrected chi connectivity index (χ4v) is 4.28. The number of methoxy groups -OCH3 is 1. The lowest BCUT2D eigenvalue weighted by Gasteiger charge is -2.35. The first-order valence-electron chi connectivity index (χ1n) is 12.4. The SMILES string of the molecule is CCc1ccc(-c2noc(C3=C(C)N(CCCOC(C)C)C(=O)NC3c3cccc(OC)c3)n2)cc1.